The van der Waals surface area contributed by atoms with Crippen molar-refractivity contribution in [2.24, 2.45) is 5.92 Å². The summed E-state index contributed by atoms with van der Waals surface area (Å²) in [5.74, 6) is 0.0406. The Labute approximate surface area is 83.8 Å². The number of rotatable bonds is 2. The fourth-order valence-electron chi connectivity index (χ4n) is 2.53. The van der Waals surface area contributed by atoms with Gasteiger partial charge in [0.15, 0.2) is 0 Å². The highest BCUT2D eigenvalue weighted by atomic mass is 16.5. The van der Waals surface area contributed by atoms with Crippen LogP contribution in [0.25, 0.3) is 0 Å². The number of aliphatic hydroxyl groups excluding tert-OH is 1. The second-order valence-corrected chi connectivity index (χ2v) is 4.06. The summed E-state index contributed by atoms with van der Waals surface area (Å²) in [4.78, 5) is 13.6. The maximum atomic E-state index is 11.6. The number of hydrogen-bond donors (Lipinski definition) is 1. The quantitative estimate of drug-likeness (QED) is 0.636. The number of hydrogen-bond acceptors (Lipinski definition) is 4. The summed E-state index contributed by atoms with van der Waals surface area (Å²) in [6.45, 7) is 4.03. The van der Waals surface area contributed by atoms with E-state index in [1.807, 2.05) is 4.90 Å². The smallest absolute Gasteiger partial charge is 0.326 e. The first kappa shape index (κ1) is 9.93. The van der Waals surface area contributed by atoms with Crippen LogP contribution >= 0.6 is 0 Å². The Bertz CT molecular complexity index is 221. The number of piperidine rings is 3. The van der Waals surface area contributed by atoms with Crippen molar-refractivity contribution in [3.63, 3.8) is 0 Å². The van der Waals surface area contributed by atoms with E-state index in [0.717, 1.165) is 25.9 Å². The highest BCUT2D eigenvalue weighted by Gasteiger charge is 2.45. The minimum absolute atomic E-state index is 0.260. The van der Waals surface area contributed by atoms with Crippen molar-refractivity contribution in [3.8, 4) is 0 Å². The second-order valence-electron chi connectivity index (χ2n) is 4.06. The number of carbonyl (C=O) groups excluding carboxylic acids is 1. The summed E-state index contributed by atoms with van der Waals surface area (Å²) < 4.78 is 4.96. The van der Waals surface area contributed by atoms with Crippen LogP contribution in [0.3, 0.4) is 0 Å². The average Bonchev–Trinajstić information content (AvgIpc) is 2.19. The maximum Gasteiger partial charge on any atom is 0.326 e. The van der Waals surface area contributed by atoms with Gasteiger partial charge in [0.1, 0.15) is 6.04 Å². The Morgan fingerprint density at radius 3 is 2.64 bits per heavy atom. The molecule has 0 unspecified atom stereocenters. The van der Waals surface area contributed by atoms with E-state index < -0.39 is 12.1 Å². The molecule has 14 heavy (non-hydrogen) atoms. The van der Waals surface area contributed by atoms with Crippen molar-refractivity contribution in [2.45, 2.75) is 31.9 Å². The molecule has 80 valence electrons. The van der Waals surface area contributed by atoms with Crippen LogP contribution in [0.5, 0.6) is 0 Å². The third kappa shape index (κ3) is 1.53. The van der Waals surface area contributed by atoms with E-state index >= 15 is 0 Å². The lowest BCUT2D eigenvalue weighted by molar-refractivity contribution is -0.164. The van der Waals surface area contributed by atoms with Crippen LogP contribution in [0.4, 0.5) is 0 Å². The molecule has 1 N–H and O–H groups in total. The summed E-state index contributed by atoms with van der Waals surface area (Å²) in [7, 11) is 0. The van der Waals surface area contributed by atoms with Crippen LogP contribution in [-0.2, 0) is 9.53 Å². The first-order chi connectivity index (χ1) is 6.74. The van der Waals surface area contributed by atoms with Gasteiger partial charge in [-0.25, -0.2) is 0 Å². The van der Waals surface area contributed by atoms with Gasteiger partial charge in [0.2, 0.25) is 0 Å². The third-order valence-corrected chi connectivity index (χ3v) is 3.30. The molecule has 2 atom stereocenters. The van der Waals surface area contributed by atoms with Crippen molar-refractivity contribution in [1.29, 1.82) is 0 Å². The molecule has 0 amide bonds. The molecule has 3 heterocycles. The lowest BCUT2D eigenvalue weighted by atomic mass is 9.80. The Morgan fingerprint density at radius 2 is 2.14 bits per heavy atom. The van der Waals surface area contributed by atoms with Gasteiger partial charge in [0.05, 0.1) is 12.7 Å². The first-order valence-electron chi connectivity index (χ1n) is 5.32. The van der Waals surface area contributed by atoms with Gasteiger partial charge in [0.25, 0.3) is 0 Å². The van der Waals surface area contributed by atoms with E-state index in [-0.39, 0.29) is 5.97 Å². The molecule has 3 fully saturated rings. The molecule has 3 aliphatic rings. The van der Waals surface area contributed by atoms with Crippen LogP contribution < -0.4 is 0 Å². The standard InChI is InChI=1S/C10H17NO3/c1-2-14-10(13)8-9(12)7-3-5-11(8)6-4-7/h7-9,12H,2-6H2,1H3/t8-,9-/m1/s1. The number of aliphatic hydroxyl groups is 1. The number of carbonyl (C=O) groups is 1. The molecule has 4 nitrogen and oxygen atoms in total. The normalized spacial score (nSPS) is 41.0. The summed E-state index contributed by atoms with van der Waals surface area (Å²) in [5, 5.41) is 9.91. The highest BCUT2D eigenvalue weighted by molar-refractivity contribution is 5.77. The van der Waals surface area contributed by atoms with E-state index in [1.54, 1.807) is 6.92 Å². The summed E-state index contributed by atoms with van der Waals surface area (Å²) in [6, 6.07) is -0.401. The zero-order valence-electron chi connectivity index (χ0n) is 8.48. The minimum atomic E-state index is -0.517. The van der Waals surface area contributed by atoms with Crippen molar-refractivity contribution >= 4 is 5.97 Å². The third-order valence-electron chi connectivity index (χ3n) is 3.30. The number of ether oxygens (including phenoxy) is 1. The maximum absolute atomic E-state index is 11.6. The number of nitrogens with zero attached hydrogens (tertiary/aromatic N) is 1. The molecule has 0 aliphatic carbocycles. The van der Waals surface area contributed by atoms with Crippen molar-refractivity contribution in [2.75, 3.05) is 19.7 Å². The van der Waals surface area contributed by atoms with Crippen LogP contribution in [0, 0.1) is 5.92 Å². The molecule has 0 spiro atoms. The molecule has 0 radical (unpaired) electrons. The zero-order valence-corrected chi connectivity index (χ0v) is 8.48. The van der Waals surface area contributed by atoms with Crippen LogP contribution in [0.2, 0.25) is 0 Å². The molecule has 3 saturated heterocycles. The topological polar surface area (TPSA) is 49.8 Å². The Morgan fingerprint density at radius 1 is 1.50 bits per heavy atom. The van der Waals surface area contributed by atoms with Crippen molar-refractivity contribution in [1.82, 2.24) is 4.90 Å². The van der Waals surface area contributed by atoms with Gasteiger partial charge in [-0.2, -0.15) is 0 Å². The molecule has 0 aromatic rings. The van der Waals surface area contributed by atoms with Gasteiger partial charge >= 0.3 is 5.97 Å². The number of fused-ring (bicyclic) bond motifs is 3. The minimum Gasteiger partial charge on any atom is -0.465 e. The van der Waals surface area contributed by atoms with E-state index in [2.05, 4.69) is 0 Å². The fourth-order valence-corrected chi connectivity index (χ4v) is 2.53. The highest BCUT2D eigenvalue weighted by Crippen LogP contribution is 2.32. The van der Waals surface area contributed by atoms with Gasteiger partial charge in [-0.15, -0.1) is 0 Å². The van der Waals surface area contributed by atoms with Crippen LogP contribution in [0.15, 0.2) is 0 Å². The van der Waals surface area contributed by atoms with Crippen molar-refractivity contribution in [3.05, 3.63) is 0 Å². The van der Waals surface area contributed by atoms with Gasteiger partial charge in [-0.1, -0.05) is 0 Å². The largest absolute Gasteiger partial charge is 0.465 e. The van der Waals surface area contributed by atoms with Gasteiger partial charge < -0.3 is 9.84 Å². The Kier molecular flexibility index (Phi) is 2.74. The summed E-state index contributed by atoms with van der Waals surface area (Å²) >= 11 is 0. The molecule has 0 aromatic carbocycles. The van der Waals surface area contributed by atoms with E-state index in [4.69, 9.17) is 4.74 Å². The molecule has 3 aliphatic heterocycles. The molecule has 2 bridgehead atoms. The second kappa shape index (κ2) is 3.87. The first-order valence-corrected chi connectivity index (χ1v) is 5.32. The SMILES string of the molecule is CCOC(=O)[C@H]1[C@H](O)C2CCN1CC2. The summed E-state index contributed by atoms with van der Waals surface area (Å²) in [5.41, 5.74) is 0. The Hall–Kier alpha value is -0.610. The molecule has 3 rings (SSSR count). The molecule has 0 saturated carbocycles. The van der Waals surface area contributed by atoms with E-state index in [0.29, 0.717) is 12.5 Å². The summed E-state index contributed by atoms with van der Waals surface area (Å²) in [6.07, 6.45) is 1.50. The van der Waals surface area contributed by atoms with Gasteiger partial charge in [-0.05, 0) is 38.8 Å². The van der Waals surface area contributed by atoms with E-state index in [9.17, 15) is 9.90 Å². The molecule has 4 heteroatoms. The lowest BCUT2D eigenvalue weighted by Crippen LogP contribution is -2.61. The predicted molar refractivity (Wildman–Crippen MR) is 50.7 cm³/mol. The Balaban J connectivity index is 2.06. The van der Waals surface area contributed by atoms with E-state index in [1.165, 1.54) is 0 Å². The number of esters is 1. The lowest BCUT2D eigenvalue weighted by Gasteiger charge is -2.47. The van der Waals surface area contributed by atoms with Gasteiger partial charge in [0, 0.05) is 0 Å². The van der Waals surface area contributed by atoms with Gasteiger partial charge in [-0.3, -0.25) is 9.69 Å². The molecule has 0 aromatic heterocycles. The average molecular weight is 199 g/mol. The van der Waals surface area contributed by atoms with Crippen LogP contribution in [-0.4, -0.2) is 47.8 Å². The zero-order chi connectivity index (χ0) is 10.1. The molecular formula is C10H17NO3. The monoisotopic (exact) mass is 199 g/mol. The predicted octanol–water partition coefficient (Wildman–Crippen LogP) is 0.00460. The molecular weight excluding hydrogens is 182 g/mol. The fraction of sp³-hybridized carbons (Fsp3) is 0.900. The van der Waals surface area contributed by atoms with Crippen LogP contribution in [0.1, 0.15) is 19.8 Å². The van der Waals surface area contributed by atoms with Crippen molar-refractivity contribution < 1.29 is 14.6 Å².